The quantitative estimate of drug-likeness (QED) is 0.566. The number of carbonyl (C=O) groups excluding carboxylic acids is 1. The third kappa shape index (κ3) is 3.64. The monoisotopic (exact) mass is 411 g/mol. The topological polar surface area (TPSA) is 75.6 Å². The van der Waals surface area contributed by atoms with Crippen LogP contribution in [0.15, 0.2) is 24.3 Å². The highest BCUT2D eigenvalue weighted by atomic mass is 19.2. The fraction of sp³-hybridized carbons (Fsp3) is 0.300. The highest BCUT2D eigenvalue weighted by Crippen LogP contribution is 2.39. The molecule has 0 radical (unpaired) electrons. The van der Waals surface area contributed by atoms with Crippen molar-refractivity contribution >= 4 is 17.6 Å². The Balaban J connectivity index is 2.02. The van der Waals surface area contributed by atoms with Crippen molar-refractivity contribution < 1.29 is 37.0 Å². The van der Waals surface area contributed by atoms with E-state index in [1.54, 1.807) is 0 Å². The fourth-order valence-corrected chi connectivity index (χ4v) is 3.61. The molecule has 1 saturated carbocycles. The summed E-state index contributed by atoms with van der Waals surface area (Å²) in [5.74, 6) is -11.3. The van der Waals surface area contributed by atoms with Crippen LogP contribution in [0.5, 0.6) is 5.75 Å². The van der Waals surface area contributed by atoms with Gasteiger partial charge in [-0.2, -0.15) is 0 Å². The van der Waals surface area contributed by atoms with Crippen LogP contribution < -0.4 is 10.1 Å². The van der Waals surface area contributed by atoms with Crippen molar-refractivity contribution in [2.45, 2.75) is 19.3 Å². The summed E-state index contributed by atoms with van der Waals surface area (Å²) in [6, 6.07) is 5.52. The lowest BCUT2D eigenvalue weighted by molar-refractivity contribution is -0.145. The number of aliphatic carboxylic acids is 1. The number of carboxylic acids is 1. The molecule has 9 heteroatoms. The molecule has 1 aliphatic carbocycles. The lowest BCUT2D eigenvalue weighted by Crippen LogP contribution is -2.30. The molecule has 0 saturated heterocycles. The highest BCUT2D eigenvalue weighted by Gasteiger charge is 2.39. The summed E-state index contributed by atoms with van der Waals surface area (Å²) in [5.41, 5.74) is -2.47. The van der Waals surface area contributed by atoms with Gasteiger partial charge in [0.1, 0.15) is 11.4 Å². The lowest BCUT2D eigenvalue weighted by atomic mass is 9.95. The third-order valence-electron chi connectivity index (χ3n) is 5.06. The van der Waals surface area contributed by atoms with E-state index >= 15 is 0 Å². The second-order valence-corrected chi connectivity index (χ2v) is 6.68. The van der Waals surface area contributed by atoms with E-state index in [0.717, 1.165) is 0 Å². The van der Waals surface area contributed by atoms with Gasteiger partial charge >= 0.3 is 5.97 Å². The summed E-state index contributed by atoms with van der Waals surface area (Å²) in [4.78, 5) is 23.6. The van der Waals surface area contributed by atoms with Gasteiger partial charge in [0.05, 0.1) is 24.5 Å². The normalized spacial score (nSPS) is 18.5. The standard InChI is InChI=1S/C20H17F4NO4/c1-29-12-8-3-2-5-11(12)13-14(21)16(23)18(17(24)15(13)22)25-19(26)9-6-4-7-10(9)20(27)28/h2-3,5,8-10H,4,6-7H2,1H3,(H,25,26)(H,27,28). The molecule has 1 fully saturated rings. The number of para-hydroxylation sites is 1. The van der Waals surface area contributed by atoms with Crippen molar-refractivity contribution in [1.29, 1.82) is 0 Å². The molecule has 1 amide bonds. The molecule has 2 atom stereocenters. The first-order valence-electron chi connectivity index (χ1n) is 8.80. The van der Waals surface area contributed by atoms with Crippen LogP contribution in [-0.4, -0.2) is 24.1 Å². The van der Waals surface area contributed by atoms with Gasteiger partial charge < -0.3 is 15.2 Å². The van der Waals surface area contributed by atoms with Crippen LogP contribution in [0.3, 0.4) is 0 Å². The van der Waals surface area contributed by atoms with Crippen LogP contribution in [0.4, 0.5) is 23.2 Å². The summed E-state index contributed by atoms with van der Waals surface area (Å²) in [6.45, 7) is 0. The fourth-order valence-electron chi connectivity index (χ4n) is 3.61. The number of nitrogens with one attached hydrogen (secondary N) is 1. The molecule has 0 heterocycles. The number of benzene rings is 2. The van der Waals surface area contributed by atoms with Crippen LogP contribution >= 0.6 is 0 Å². The SMILES string of the molecule is COc1ccccc1-c1c(F)c(F)c(NC(=O)C2CCCC2C(=O)O)c(F)c1F. The summed E-state index contributed by atoms with van der Waals surface area (Å²) in [5, 5.41) is 11.0. The maximum Gasteiger partial charge on any atom is 0.307 e. The summed E-state index contributed by atoms with van der Waals surface area (Å²) in [7, 11) is 1.23. The lowest BCUT2D eigenvalue weighted by Gasteiger charge is -2.18. The van der Waals surface area contributed by atoms with Gasteiger partial charge in [-0.1, -0.05) is 24.6 Å². The Labute approximate surface area is 163 Å². The number of carbonyl (C=O) groups is 2. The van der Waals surface area contributed by atoms with Gasteiger partial charge in [0, 0.05) is 5.56 Å². The molecule has 2 aromatic carbocycles. The van der Waals surface area contributed by atoms with Crippen LogP contribution in [0.25, 0.3) is 11.1 Å². The van der Waals surface area contributed by atoms with Gasteiger partial charge in [-0.15, -0.1) is 0 Å². The van der Waals surface area contributed by atoms with Crippen molar-refractivity contribution in [2.75, 3.05) is 12.4 Å². The maximum absolute atomic E-state index is 14.7. The average molecular weight is 411 g/mol. The Morgan fingerprint density at radius 2 is 1.59 bits per heavy atom. The van der Waals surface area contributed by atoms with Gasteiger partial charge in [0.2, 0.25) is 5.91 Å². The zero-order valence-electron chi connectivity index (χ0n) is 15.3. The number of rotatable bonds is 5. The average Bonchev–Trinajstić information content (AvgIpc) is 3.20. The highest BCUT2D eigenvalue weighted by molar-refractivity contribution is 5.96. The third-order valence-corrected chi connectivity index (χ3v) is 5.06. The first kappa shape index (κ1) is 20.6. The van der Waals surface area contributed by atoms with Crippen LogP contribution in [0.2, 0.25) is 0 Å². The van der Waals surface area contributed by atoms with Crippen LogP contribution in [0, 0.1) is 35.1 Å². The van der Waals surface area contributed by atoms with Crippen molar-refractivity contribution in [3.8, 4) is 16.9 Å². The zero-order chi connectivity index (χ0) is 21.3. The molecule has 29 heavy (non-hydrogen) atoms. The minimum absolute atomic E-state index is 0.00357. The largest absolute Gasteiger partial charge is 0.496 e. The van der Waals surface area contributed by atoms with E-state index in [4.69, 9.17) is 9.84 Å². The number of halogens is 4. The van der Waals surface area contributed by atoms with Gasteiger partial charge in [-0.05, 0) is 18.9 Å². The van der Waals surface area contributed by atoms with E-state index in [1.165, 1.54) is 31.4 Å². The maximum atomic E-state index is 14.7. The van der Waals surface area contributed by atoms with Crippen LogP contribution in [0.1, 0.15) is 19.3 Å². The number of amides is 1. The molecule has 0 spiro atoms. The molecule has 5 nitrogen and oxygen atoms in total. The van der Waals surface area contributed by atoms with E-state index in [2.05, 4.69) is 0 Å². The smallest absolute Gasteiger partial charge is 0.307 e. The van der Waals surface area contributed by atoms with Crippen LogP contribution in [-0.2, 0) is 9.59 Å². The van der Waals surface area contributed by atoms with Gasteiger partial charge in [0.25, 0.3) is 0 Å². The van der Waals surface area contributed by atoms with Crippen molar-refractivity contribution in [1.82, 2.24) is 0 Å². The van der Waals surface area contributed by atoms with E-state index < -0.39 is 58.2 Å². The molecule has 154 valence electrons. The van der Waals surface area contributed by atoms with E-state index in [0.29, 0.717) is 6.42 Å². The Morgan fingerprint density at radius 3 is 2.17 bits per heavy atom. The molecular formula is C20H17F4NO4. The number of anilines is 1. The summed E-state index contributed by atoms with van der Waals surface area (Å²) in [6.07, 6.45) is 0.861. The van der Waals surface area contributed by atoms with Gasteiger partial charge in [-0.25, -0.2) is 17.6 Å². The molecule has 0 aromatic heterocycles. The van der Waals surface area contributed by atoms with E-state index in [-0.39, 0.29) is 24.2 Å². The van der Waals surface area contributed by atoms with E-state index in [9.17, 15) is 27.2 Å². The number of carboxylic acid groups (broad SMARTS) is 1. The molecule has 3 rings (SSSR count). The second-order valence-electron chi connectivity index (χ2n) is 6.68. The minimum Gasteiger partial charge on any atom is -0.496 e. The van der Waals surface area contributed by atoms with E-state index in [1.807, 2.05) is 5.32 Å². The summed E-state index contributed by atoms with van der Waals surface area (Å²) >= 11 is 0. The molecule has 0 aliphatic heterocycles. The van der Waals surface area contributed by atoms with Crippen molar-refractivity contribution in [2.24, 2.45) is 11.8 Å². The first-order chi connectivity index (χ1) is 13.8. The minimum atomic E-state index is -1.79. The number of ether oxygens (including phenoxy) is 1. The Kier molecular flexibility index (Phi) is 5.76. The van der Waals surface area contributed by atoms with Gasteiger partial charge in [-0.3, -0.25) is 9.59 Å². The summed E-state index contributed by atoms with van der Waals surface area (Å²) < 4.78 is 63.4. The number of methoxy groups -OCH3 is 1. The molecule has 2 aromatic rings. The van der Waals surface area contributed by atoms with Gasteiger partial charge in [0.15, 0.2) is 23.3 Å². The molecule has 2 unspecified atom stereocenters. The number of hydrogen-bond acceptors (Lipinski definition) is 3. The Bertz CT molecular complexity index is 950. The molecule has 1 aliphatic rings. The second kappa shape index (κ2) is 8.10. The molecule has 0 bridgehead atoms. The predicted octanol–water partition coefficient (Wildman–Crippen LogP) is 4.36. The Hall–Kier alpha value is -3.10. The Morgan fingerprint density at radius 1 is 1.00 bits per heavy atom. The van der Waals surface area contributed by atoms with Crippen molar-refractivity contribution in [3.63, 3.8) is 0 Å². The zero-order valence-corrected chi connectivity index (χ0v) is 15.3. The van der Waals surface area contributed by atoms with Crippen molar-refractivity contribution in [3.05, 3.63) is 47.5 Å². The predicted molar refractivity (Wildman–Crippen MR) is 95.4 cm³/mol. The molecular weight excluding hydrogens is 394 g/mol. The number of hydrogen-bond donors (Lipinski definition) is 2. The first-order valence-corrected chi connectivity index (χ1v) is 8.80. The molecule has 2 N–H and O–H groups in total.